The first-order chi connectivity index (χ1) is 13.0. The number of fused-ring (bicyclic) bond motifs is 1. The fourth-order valence-corrected chi connectivity index (χ4v) is 2.36. The molecule has 0 radical (unpaired) electrons. The summed E-state index contributed by atoms with van der Waals surface area (Å²) in [4.78, 5) is 47.7. The van der Waals surface area contributed by atoms with Gasteiger partial charge in [-0.2, -0.15) is 5.10 Å². The Morgan fingerprint density at radius 3 is 2.52 bits per heavy atom. The Hall–Kier alpha value is -3.23. The van der Waals surface area contributed by atoms with Crippen LogP contribution in [0.15, 0.2) is 29.1 Å². The number of nitrogens with zero attached hydrogens (tertiary/aromatic N) is 2. The summed E-state index contributed by atoms with van der Waals surface area (Å²) in [7, 11) is 1.44. The van der Waals surface area contributed by atoms with E-state index in [1.165, 1.54) is 11.7 Å². The van der Waals surface area contributed by atoms with E-state index < -0.39 is 18.5 Å². The largest absolute Gasteiger partial charge is 0.451 e. The molecule has 0 bridgehead atoms. The molecule has 0 aliphatic heterocycles. The molecule has 2 rings (SSSR count). The minimum absolute atomic E-state index is 0.0274. The Labute approximate surface area is 155 Å². The van der Waals surface area contributed by atoms with Gasteiger partial charge in [-0.1, -0.05) is 31.5 Å². The number of rotatable bonds is 8. The first-order valence-corrected chi connectivity index (χ1v) is 8.62. The van der Waals surface area contributed by atoms with Crippen LogP contribution in [0.4, 0.5) is 0 Å². The second kappa shape index (κ2) is 9.46. The van der Waals surface area contributed by atoms with E-state index in [1.807, 2.05) is 6.92 Å². The molecule has 2 amide bonds. The quantitative estimate of drug-likeness (QED) is 0.638. The molecule has 0 saturated carbocycles. The van der Waals surface area contributed by atoms with Crippen LogP contribution in [0.25, 0.3) is 10.8 Å². The number of aryl methyl sites for hydroxylation is 1. The van der Waals surface area contributed by atoms with Crippen molar-refractivity contribution in [2.24, 2.45) is 0 Å². The van der Waals surface area contributed by atoms with E-state index in [0.29, 0.717) is 17.3 Å². The summed E-state index contributed by atoms with van der Waals surface area (Å²) in [6, 6.07) is 6.62. The number of unbranched alkanes of at least 4 members (excludes halogenated alkanes) is 1. The molecule has 1 aromatic heterocycles. The van der Waals surface area contributed by atoms with E-state index in [9.17, 15) is 19.2 Å². The van der Waals surface area contributed by atoms with Gasteiger partial charge in [-0.25, -0.2) is 9.48 Å². The van der Waals surface area contributed by atoms with Gasteiger partial charge in [0, 0.05) is 19.0 Å². The number of hydrogen-bond acceptors (Lipinski definition) is 6. The minimum Gasteiger partial charge on any atom is -0.451 e. The van der Waals surface area contributed by atoms with E-state index in [2.05, 4.69) is 15.7 Å². The molecule has 0 fully saturated rings. The molecule has 0 spiro atoms. The van der Waals surface area contributed by atoms with Gasteiger partial charge in [0.1, 0.15) is 0 Å². The molecule has 2 aromatic rings. The highest BCUT2D eigenvalue weighted by atomic mass is 16.5. The van der Waals surface area contributed by atoms with Gasteiger partial charge in [-0.05, 0) is 12.5 Å². The second-order valence-electron chi connectivity index (χ2n) is 5.80. The van der Waals surface area contributed by atoms with Crippen molar-refractivity contribution in [2.45, 2.75) is 26.3 Å². The number of nitrogens with one attached hydrogen (secondary N) is 2. The molecular weight excluding hydrogens is 352 g/mol. The van der Waals surface area contributed by atoms with Crippen LogP contribution >= 0.6 is 0 Å². The van der Waals surface area contributed by atoms with Gasteiger partial charge < -0.3 is 15.4 Å². The Morgan fingerprint density at radius 2 is 1.85 bits per heavy atom. The highest BCUT2D eigenvalue weighted by Gasteiger charge is 2.19. The number of carbonyl (C=O) groups is 3. The third-order valence-corrected chi connectivity index (χ3v) is 3.84. The maximum atomic E-state index is 12.5. The molecular formula is C18H22N4O5. The number of aromatic nitrogens is 2. The number of benzene rings is 1. The topological polar surface area (TPSA) is 119 Å². The van der Waals surface area contributed by atoms with Gasteiger partial charge in [0.2, 0.25) is 5.91 Å². The summed E-state index contributed by atoms with van der Waals surface area (Å²) in [6.07, 6.45) is 1.61. The van der Waals surface area contributed by atoms with Crippen molar-refractivity contribution in [3.8, 4) is 0 Å². The average molecular weight is 374 g/mol. The molecule has 2 N–H and O–H groups in total. The highest BCUT2D eigenvalue weighted by molar-refractivity contribution is 6.02. The van der Waals surface area contributed by atoms with Crippen molar-refractivity contribution >= 4 is 28.6 Å². The van der Waals surface area contributed by atoms with E-state index in [-0.39, 0.29) is 23.7 Å². The van der Waals surface area contributed by atoms with Crippen molar-refractivity contribution in [3.63, 3.8) is 0 Å². The van der Waals surface area contributed by atoms with Gasteiger partial charge in [0.25, 0.3) is 11.5 Å². The fourth-order valence-electron chi connectivity index (χ4n) is 2.36. The van der Waals surface area contributed by atoms with Crippen LogP contribution in [0, 0.1) is 0 Å². The van der Waals surface area contributed by atoms with Crippen molar-refractivity contribution in [3.05, 3.63) is 40.3 Å². The lowest BCUT2D eigenvalue weighted by Crippen LogP contribution is -2.37. The van der Waals surface area contributed by atoms with E-state index in [1.54, 1.807) is 24.3 Å². The summed E-state index contributed by atoms with van der Waals surface area (Å²) in [5.41, 5.74) is -0.306. The first-order valence-electron chi connectivity index (χ1n) is 8.62. The zero-order chi connectivity index (χ0) is 19.8. The summed E-state index contributed by atoms with van der Waals surface area (Å²) >= 11 is 0. The Balaban J connectivity index is 2.19. The maximum absolute atomic E-state index is 12.5. The van der Waals surface area contributed by atoms with Crippen LogP contribution in [0.2, 0.25) is 0 Å². The molecule has 27 heavy (non-hydrogen) atoms. The van der Waals surface area contributed by atoms with Gasteiger partial charge in [0.15, 0.2) is 12.3 Å². The second-order valence-corrected chi connectivity index (χ2v) is 5.80. The van der Waals surface area contributed by atoms with Crippen molar-refractivity contribution in [1.29, 1.82) is 0 Å². The van der Waals surface area contributed by atoms with Crippen LogP contribution in [-0.2, 0) is 20.9 Å². The monoisotopic (exact) mass is 374 g/mol. The van der Waals surface area contributed by atoms with Crippen LogP contribution in [-0.4, -0.2) is 47.8 Å². The van der Waals surface area contributed by atoms with Crippen LogP contribution < -0.4 is 16.2 Å². The zero-order valence-corrected chi connectivity index (χ0v) is 15.3. The lowest BCUT2D eigenvalue weighted by molar-refractivity contribution is -0.127. The van der Waals surface area contributed by atoms with Gasteiger partial charge in [0.05, 0.1) is 11.9 Å². The SMILES string of the molecule is CCCCn1nc(C(=O)OCC(=O)NCC(=O)NC)c2ccccc2c1=O. The molecule has 0 aliphatic rings. The first kappa shape index (κ1) is 20.1. The van der Waals surface area contributed by atoms with Crippen molar-refractivity contribution in [1.82, 2.24) is 20.4 Å². The number of likely N-dealkylation sites (N-methyl/N-ethyl adjacent to an activating group) is 1. The van der Waals surface area contributed by atoms with Gasteiger partial charge >= 0.3 is 5.97 Å². The third kappa shape index (κ3) is 5.13. The number of amides is 2. The van der Waals surface area contributed by atoms with Crippen LogP contribution in [0.3, 0.4) is 0 Å². The zero-order valence-electron chi connectivity index (χ0n) is 15.3. The predicted molar refractivity (Wildman–Crippen MR) is 98.3 cm³/mol. The van der Waals surface area contributed by atoms with E-state index in [4.69, 9.17) is 4.74 Å². The Bertz CT molecular complexity index is 906. The maximum Gasteiger partial charge on any atom is 0.359 e. The normalized spacial score (nSPS) is 10.4. The van der Waals surface area contributed by atoms with Crippen LogP contribution in [0.5, 0.6) is 0 Å². The molecule has 9 nitrogen and oxygen atoms in total. The lowest BCUT2D eigenvalue weighted by Gasteiger charge is -2.10. The Morgan fingerprint density at radius 1 is 1.15 bits per heavy atom. The molecule has 0 unspecified atom stereocenters. The Kier molecular flexibility index (Phi) is 7.04. The van der Waals surface area contributed by atoms with E-state index >= 15 is 0 Å². The summed E-state index contributed by atoms with van der Waals surface area (Å²) in [5.74, 6) is -1.80. The molecule has 1 aromatic carbocycles. The molecule has 0 saturated heterocycles. The smallest absolute Gasteiger partial charge is 0.359 e. The van der Waals surface area contributed by atoms with E-state index in [0.717, 1.165) is 12.8 Å². The lowest BCUT2D eigenvalue weighted by atomic mass is 10.1. The molecule has 0 atom stereocenters. The standard InChI is InChI=1S/C18H22N4O5/c1-3-4-9-22-17(25)13-8-6-5-7-12(13)16(21-22)18(26)27-11-15(24)20-10-14(23)19-2/h5-8H,3-4,9-11H2,1-2H3,(H,19,23)(H,20,24). The number of ether oxygens (including phenoxy) is 1. The third-order valence-electron chi connectivity index (χ3n) is 3.84. The van der Waals surface area contributed by atoms with Gasteiger partial charge in [-0.15, -0.1) is 0 Å². The highest BCUT2D eigenvalue weighted by Crippen LogP contribution is 2.14. The molecule has 1 heterocycles. The minimum atomic E-state index is -0.813. The van der Waals surface area contributed by atoms with Gasteiger partial charge in [-0.3, -0.25) is 14.4 Å². The van der Waals surface area contributed by atoms with Crippen molar-refractivity contribution in [2.75, 3.05) is 20.2 Å². The predicted octanol–water partition coefficient (Wildman–Crippen LogP) is 0.216. The molecule has 0 aliphatic carbocycles. The number of esters is 1. The summed E-state index contributed by atoms with van der Waals surface area (Å²) < 4.78 is 6.25. The molecule has 9 heteroatoms. The number of carbonyl (C=O) groups excluding carboxylic acids is 3. The average Bonchev–Trinajstić information content (AvgIpc) is 2.69. The summed E-state index contributed by atoms with van der Waals surface area (Å²) in [5, 5.41) is 9.54. The molecule has 144 valence electrons. The fraction of sp³-hybridized carbons (Fsp3) is 0.389. The summed E-state index contributed by atoms with van der Waals surface area (Å²) in [6.45, 7) is 1.60. The van der Waals surface area contributed by atoms with Crippen molar-refractivity contribution < 1.29 is 19.1 Å². The number of hydrogen-bond donors (Lipinski definition) is 2. The van der Waals surface area contributed by atoms with Crippen LogP contribution in [0.1, 0.15) is 30.3 Å².